The number of aliphatic hydroxyl groups is 1. The van der Waals surface area contributed by atoms with Crippen LogP contribution in [0.5, 0.6) is 11.5 Å². The maximum atomic E-state index is 11.7. The van der Waals surface area contributed by atoms with Crippen molar-refractivity contribution in [2.24, 2.45) is 0 Å². The normalized spacial score (nSPS) is 15.5. The molecule has 4 N–H and O–H groups in total. The van der Waals surface area contributed by atoms with Crippen LogP contribution in [0.4, 0.5) is 0 Å². The average molecular weight is 459 g/mol. The van der Waals surface area contributed by atoms with Crippen molar-refractivity contribution in [2.75, 3.05) is 13.7 Å². The molecule has 0 saturated carbocycles. The predicted molar refractivity (Wildman–Crippen MR) is 114 cm³/mol. The Bertz CT molecular complexity index is 1040. The van der Waals surface area contributed by atoms with E-state index in [9.17, 15) is 29.7 Å². The second-order valence-electron chi connectivity index (χ2n) is 7.56. The smallest absolute Gasteiger partial charge is 0.453 e. The van der Waals surface area contributed by atoms with Gasteiger partial charge in [-0.05, 0) is 48.2 Å². The number of nitrogens with one attached hydrogen (secondary N) is 1. The van der Waals surface area contributed by atoms with E-state index in [4.69, 9.17) is 14.2 Å². The lowest BCUT2D eigenvalue weighted by Gasteiger charge is -2.20. The number of fused-ring (bicyclic) bond motifs is 1. The average Bonchev–Trinajstić information content (AvgIpc) is 3.21. The van der Waals surface area contributed by atoms with Crippen molar-refractivity contribution < 1.29 is 43.9 Å². The van der Waals surface area contributed by atoms with E-state index in [1.807, 2.05) is 6.92 Å². The number of methoxy groups -OCH3 is 1. The van der Waals surface area contributed by atoms with Gasteiger partial charge in [-0.15, -0.1) is 0 Å². The van der Waals surface area contributed by atoms with Gasteiger partial charge in [0.25, 0.3) is 0 Å². The zero-order valence-corrected chi connectivity index (χ0v) is 18.1. The van der Waals surface area contributed by atoms with Gasteiger partial charge in [-0.3, -0.25) is 0 Å². The molecule has 0 fully saturated rings. The summed E-state index contributed by atoms with van der Waals surface area (Å²) in [5, 5.41) is 32.3. The van der Waals surface area contributed by atoms with Crippen LogP contribution in [0.1, 0.15) is 40.9 Å². The Morgan fingerprint density at radius 2 is 1.76 bits per heavy atom. The van der Waals surface area contributed by atoms with E-state index in [2.05, 4.69) is 5.32 Å². The Balaban J connectivity index is 1.64. The number of benzene rings is 2. The van der Waals surface area contributed by atoms with Crippen LogP contribution >= 0.6 is 0 Å². The molecule has 1 aliphatic heterocycles. The largest absolute Gasteiger partial charge is 0.475 e. The van der Waals surface area contributed by atoms with Gasteiger partial charge in [0.05, 0.1) is 18.8 Å². The number of hydrogen-bond acceptors (Lipinski definition) is 8. The molecule has 2 unspecified atom stereocenters. The quantitative estimate of drug-likeness (QED) is 0.305. The van der Waals surface area contributed by atoms with E-state index in [0.29, 0.717) is 17.5 Å². The molecule has 1 aliphatic rings. The molecule has 0 amide bonds. The highest BCUT2D eigenvalue weighted by Crippen LogP contribution is 2.40. The molecule has 0 radical (unpaired) electrons. The van der Waals surface area contributed by atoms with E-state index < -0.39 is 29.8 Å². The molecular formula is C23H25NO9. The van der Waals surface area contributed by atoms with Gasteiger partial charge >= 0.3 is 23.7 Å². The molecule has 0 spiro atoms. The van der Waals surface area contributed by atoms with Crippen molar-refractivity contribution in [1.82, 2.24) is 5.32 Å². The number of rotatable bonds is 10. The summed E-state index contributed by atoms with van der Waals surface area (Å²) in [5.74, 6) is -6.73. The van der Waals surface area contributed by atoms with Gasteiger partial charge in [-0.25, -0.2) is 14.4 Å². The lowest BCUT2D eigenvalue weighted by atomic mass is 10.0. The van der Waals surface area contributed by atoms with Crippen LogP contribution < -0.4 is 14.8 Å². The van der Waals surface area contributed by atoms with Crippen LogP contribution in [0.2, 0.25) is 0 Å². The third-order valence-electron chi connectivity index (χ3n) is 5.35. The van der Waals surface area contributed by atoms with Gasteiger partial charge in [0.15, 0.2) is 11.5 Å². The number of carbonyl (C=O) groups is 3. The molecule has 0 aliphatic carbocycles. The fraction of sp³-hybridized carbons (Fsp3) is 0.348. The van der Waals surface area contributed by atoms with E-state index in [1.165, 1.54) is 13.2 Å². The molecule has 0 aromatic heterocycles. The number of aliphatic hydroxyl groups excluding tert-OH is 1. The van der Waals surface area contributed by atoms with Gasteiger partial charge in [0.2, 0.25) is 0 Å². The van der Waals surface area contributed by atoms with Crippen molar-refractivity contribution >= 4 is 17.9 Å². The Labute approximate surface area is 189 Å². The van der Waals surface area contributed by atoms with Crippen LogP contribution in [-0.4, -0.2) is 58.7 Å². The summed E-state index contributed by atoms with van der Waals surface area (Å²) in [4.78, 5) is 34.5. The minimum atomic E-state index is -2.80. The Morgan fingerprint density at radius 1 is 1.06 bits per heavy atom. The summed E-state index contributed by atoms with van der Waals surface area (Å²) >= 11 is 0. The third-order valence-corrected chi connectivity index (χ3v) is 5.35. The van der Waals surface area contributed by atoms with Gasteiger partial charge in [0, 0.05) is 12.6 Å². The van der Waals surface area contributed by atoms with E-state index in [-0.39, 0.29) is 24.1 Å². The summed E-state index contributed by atoms with van der Waals surface area (Å²) in [6, 6.07) is 11.2. The summed E-state index contributed by atoms with van der Waals surface area (Å²) in [7, 11) is 1.29. The molecule has 2 aromatic rings. The number of aliphatic carboxylic acids is 2. The van der Waals surface area contributed by atoms with Crippen molar-refractivity contribution in [3.8, 4) is 11.5 Å². The number of carboxylic acid groups (broad SMARTS) is 2. The van der Waals surface area contributed by atoms with Crippen molar-refractivity contribution in [3.63, 3.8) is 0 Å². The molecule has 3 rings (SSSR count). The standard InChI is InChI=1S/C23H25NO9/c1-3-16(24-12-17(25)14-5-4-6-15(11-14)20(26)31-2)9-13-7-8-18-19(10-13)33-23(32-18,21(27)28)22(29)30/h4-8,10-11,16-17,24-25H,3,9,12H2,1-2H3,(H,27,28)(H,29,30). The molecule has 2 aromatic carbocycles. The zero-order valence-electron chi connectivity index (χ0n) is 18.1. The van der Waals surface area contributed by atoms with Crippen LogP contribution in [0, 0.1) is 0 Å². The zero-order chi connectivity index (χ0) is 24.2. The van der Waals surface area contributed by atoms with Crippen molar-refractivity contribution in [1.29, 1.82) is 0 Å². The Kier molecular flexibility index (Phi) is 7.19. The predicted octanol–water partition coefficient (Wildman–Crippen LogP) is 1.75. The molecule has 1 heterocycles. The van der Waals surface area contributed by atoms with Gasteiger partial charge in [0.1, 0.15) is 0 Å². The number of carboxylic acids is 2. The highest BCUT2D eigenvalue weighted by atomic mass is 16.8. The molecule has 33 heavy (non-hydrogen) atoms. The fourth-order valence-electron chi connectivity index (χ4n) is 3.47. The van der Waals surface area contributed by atoms with Crippen molar-refractivity contribution in [2.45, 2.75) is 37.7 Å². The monoisotopic (exact) mass is 459 g/mol. The van der Waals surface area contributed by atoms with Crippen LogP contribution in [-0.2, 0) is 20.7 Å². The minimum absolute atomic E-state index is 0.0328. The highest BCUT2D eigenvalue weighted by Gasteiger charge is 2.57. The van der Waals surface area contributed by atoms with Gasteiger partial charge < -0.3 is 34.8 Å². The maximum absolute atomic E-state index is 11.7. The fourth-order valence-corrected chi connectivity index (χ4v) is 3.47. The van der Waals surface area contributed by atoms with E-state index in [0.717, 1.165) is 12.0 Å². The molecule has 10 nitrogen and oxygen atoms in total. The summed E-state index contributed by atoms with van der Waals surface area (Å²) < 4.78 is 14.9. The first-order chi connectivity index (χ1) is 15.7. The van der Waals surface area contributed by atoms with Gasteiger partial charge in [-0.2, -0.15) is 0 Å². The molecule has 176 valence electrons. The first kappa shape index (κ1) is 24.0. The second-order valence-corrected chi connectivity index (χ2v) is 7.56. The lowest BCUT2D eigenvalue weighted by molar-refractivity contribution is -0.194. The summed E-state index contributed by atoms with van der Waals surface area (Å²) in [5.41, 5.74) is 1.69. The van der Waals surface area contributed by atoms with Crippen LogP contribution in [0.3, 0.4) is 0 Å². The SMILES string of the molecule is CCC(Cc1ccc2c(c1)OC(C(=O)O)(C(=O)O)O2)NCC(O)c1cccc(C(=O)OC)c1. The summed E-state index contributed by atoms with van der Waals surface area (Å²) in [6.07, 6.45) is 0.374. The van der Waals surface area contributed by atoms with E-state index >= 15 is 0 Å². The van der Waals surface area contributed by atoms with E-state index in [1.54, 1.807) is 36.4 Å². The topological polar surface area (TPSA) is 152 Å². The van der Waals surface area contributed by atoms with Crippen molar-refractivity contribution in [3.05, 3.63) is 59.2 Å². The van der Waals surface area contributed by atoms with Crippen LogP contribution in [0.25, 0.3) is 0 Å². The number of hydrogen-bond donors (Lipinski definition) is 4. The highest BCUT2D eigenvalue weighted by molar-refractivity contribution is 6.01. The lowest BCUT2D eigenvalue weighted by Crippen LogP contribution is -2.54. The second kappa shape index (κ2) is 9.88. The Hall–Kier alpha value is -3.63. The minimum Gasteiger partial charge on any atom is -0.475 e. The number of ether oxygens (including phenoxy) is 3. The number of carbonyl (C=O) groups excluding carboxylic acids is 1. The molecule has 2 atom stereocenters. The first-order valence-electron chi connectivity index (χ1n) is 10.3. The Morgan fingerprint density at radius 3 is 2.39 bits per heavy atom. The number of esters is 1. The molecule has 0 saturated heterocycles. The third kappa shape index (κ3) is 5.07. The maximum Gasteiger partial charge on any atom is 0.453 e. The van der Waals surface area contributed by atoms with Gasteiger partial charge in [-0.1, -0.05) is 25.1 Å². The molecular weight excluding hydrogens is 434 g/mol. The molecule has 0 bridgehead atoms. The summed E-state index contributed by atoms with van der Waals surface area (Å²) in [6.45, 7) is 2.20. The first-order valence-corrected chi connectivity index (χ1v) is 10.3. The van der Waals surface area contributed by atoms with Crippen LogP contribution in [0.15, 0.2) is 42.5 Å². The molecule has 10 heteroatoms.